The van der Waals surface area contributed by atoms with Gasteiger partial charge in [-0.15, -0.1) is 0 Å². The molecule has 3 aromatic rings. The Morgan fingerprint density at radius 1 is 1.00 bits per heavy atom. The molecule has 1 heterocycles. The number of rotatable bonds is 7. The first-order valence-corrected chi connectivity index (χ1v) is 8.16. The van der Waals surface area contributed by atoms with Gasteiger partial charge in [0.1, 0.15) is 0 Å². The largest absolute Gasteiger partial charge is 0.493 e. The molecule has 0 fully saturated rings. The van der Waals surface area contributed by atoms with Crippen molar-refractivity contribution in [2.45, 2.75) is 6.54 Å². The van der Waals surface area contributed by atoms with Crippen LogP contribution in [0.25, 0.3) is 11.4 Å². The standard InChI is InChI=1S/C18H18ClN3O4/c1-23-14-9-8-12(15(24-2)16(14)25-3)17-21-18(26-22-17)20-10-11-6-4-5-7-13(11)19/h4-9H,10H2,1-3H3,(H,20,21,22). The Kier molecular flexibility index (Phi) is 5.48. The van der Waals surface area contributed by atoms with E-state index in [4.69, 9.17) is 30.3 Å². The molecule has 0 unspecified atom stereocenters. The molecule has 136 valence electrons. The van der Waals surface area contributed by atoms with Crippen molar-refractivity contribution < 1.29 is 18.7 Å². The normalized spacial score (nSPS) is 10.5. The monoisotopic (exact) mass is 375 g/mol. The minimum atomic E-state index is 0.275. The van der Waals surface area contributed by atoms with Crippen LogP contribution in [-0.2, 0) is 6.54 Å². The van der Waals surface area contributed by atoms with E-state index in [-0.39, 0.29) is 6.01 Å². The number of methoxy groups -OCH3 is 3. The van der Waals surface area contributed by atoms with Crippen molar-refractivity contribution >= 4 is 17.6 Å². The van der Waals surface area contributed by atoms with Crippen LogP contribution in [0.2, 0.25) is 5.02 Å². The van der Waals surface area contributed by atoms with Crippen LogP contribution in [0.5, 0.6) is 17.2 Å². The van der Waals surface area contributed by atoms with Crippen molar-refractivity contribution in [1.29, 1.82) is 0 Å². The summed E-state index contributed by atoms with van der Waals surface area (Å²) in [6, 6.07) is 11.3. The van der Waals surface area contributed by atoms with Gasteiger partial charge in [-0.05, 0) is 23.8 Å². The van der Waals surface area contributed by atoms with Crippen molar-refractivity contribution in [2.75, 3.05) is 26.6 Å². The van der Waals surface area contributed by atoms with Gasteiger partial charge in [0.25, 0.3) is 0 Å². The molecule has 2 aromatic carbocycles. The minimum Gasteiger partial charge on any atom is -0.493 e. The van der Waals surface area contributed by atoms with Crippen molar-refractivity contribution in [2.24, 2.45) is 0 Å². The summed E-state index contributed by atoms with van der Waals surface area (Å²) in [5, 5.41) is 7.73. The van der Waals surface area contributed by atoms with Gasteiger partial charge in [-0.25, -0.2) is 0 Å². The Morgan fingerprint density at radius 2 is 1.77 bits per heavy atom. The van der Waals surface area contributed by atoms with E-state index < -0.39 is 0 Å². The molecule has 0 aliphatic heterocycles. The molecular weight excluding hydrogens is 358 g/mol. The van der Waals surface area contributed by atoms with Gasteiger partial charge in [0.2, 0.25) is 11.6 Å². The Morgan fingerprint density at radius 3 is 2.46 bits per heavy atom. The fourth-order valence-electron chi connectivity index (χ4n) is 2.49. The van der Waals surface area contributed by atoms with Crippen LogP contribution in [0.15, 0.2) is 40.9 Å². The molecule has 0 saturated carbocycles. The van der Waals surface area contributed by atoms with E-state index in [1.807, 2.05) is 24.3 Å². The van der Waals surface area contributed by atoms with Crippen molar-refractivity contribution in [3.8, 4) is 28.6 Å². The van der Waals surface area contributed by atoms with Crippen molar-refractivity contribution in [3.05, 3.63) is 47.0 Å². The van der Waals surface area contributed by atoms with Gasteiger partial charge >= 0.3 is 6.01 Å². The number of benzene rings is 2. The summed E-state index contributed by atoms with van der Waals surface area (Å²) in [4.78, 5) is 4.36. The van der Waals surface area contributed by atoms with E-state index in [0.29, 0.717) is 40.2 Å². The molecule has 0 aliphatic rings. The highest BCUT2D eigenvalue weighted by Crippen LogP contribution is 2.43. The highest BCUT2D eigenvalue weighted by molar-refractivity contribution is 6.31. The maximum atomic E-state index is 6.14. The zero-order valence-electron chi connectivity index (χ0n) is 14.6. The van der Waals surface area contributed by atoms with Crippen LogP contribution >= 0.6 is 11.6 Å². The number of anilines is 1. The summed E-state index contributed by atoms with van der Waals surface area (Å²) in [6.07, 6.45) is 0. The van der Waals surface area contributed by atoms with Crippen LogP contribution in [0, 0.1) is 0 Å². The fourth-order valence-corrected chi connectivity index (χ4v) is 2.70. The molecule has 3 rings (SSSR count). The zero-order valence-corrected chi connectivity index (χ0v) is 15.3. The van der Waals surface area contributed by atoms with E-state index in [0.717, 1.165) is 5.56 Å². The molecule has 0 amide bonds. The fraction of sp³-hybridized carbons (Fsp3) is 0.222. The second kappa shape index (κ2) is 7.97. The van der Waals surface area contributed by atoms with Gasteiger partial charge in [0.15, 0.2) is 11.5 Å². The van der Waals surface area contributed by atoms with E-state index in [9.17, 15) is 0 Å². The molecule has 1 aromatic heterocycles. The molecule has 0 saturated heterocycles. The highest BCUT2D eigenvalue weighted by atomic mass is 35.5. The molecule has 0 bridgehead atoms. The van der Waals surface area contributed by atoms with E-state index in [1.54, 1.807) is 19.2 Å². The van der Waals surface area contributed by atoms with Crippen molar-refractivity contribution in [1.82, 2.24) is 10.1 Å². The molecule has 0 spiro atoms. The smallest absolute Gasteiger partial charge is 0.322 e. The summed E-state index contributed by atoms with van der Waals surface area (Å²) in [5.74, 6) is 1.84. The van der Waals surface area contributed by atoms with Gasteiger partial charge < -0.3 is 24.1 Å². The van der Waals surface area contributed by atoms with Crippen LogP contribution in [-0.4, -0.2) is 31.5 Å². The summed E-state index contributed by atoms with van der Waals surface area (Å²) in [7, 11) is 4.64. The van der Waals surface area contributed by atoms with E-state index >= 15 is 0 Å². The summed E-state index contributed by atoms with van der Waals surface area (Å²) >= 11 is 6.14. The number of aromatic nitrogens is 2. The van der Waals surface area contributed by atoms with Gasteiger partial charge in [0, 0.05) is 11.6 Å². The second-order valence-corrected chi connectivity index (χ2v) is 5.66. The molecular formula is C18H18ClN3O4. The lowest BCUT2D eigenvalue weighted by Gasteiger charge is -2.13. The first kappa shape index (κ1) is 17.9. The predicted octanol–water partition coefficient (Wildman–Crippen LogP) is 4.03. The first-order valence-electron chi connectivity index (χ1n) is 7.78. The third kappa shape index (κ3) is 3.52. The van der Waals surface area contributed by atoms with E-state index in [2.05, 4.69) is 15.5 Å². The van der Waals surface area contributed by atoms with E-state index in [1.165, 1.54) is 14.2 Å². The topological polar surface area (TPSA) is 78.6 Å². The summed E-state index contributed by atoms with van der Waals surface area (Å²) in [5.41, 5.74) is 1.55. The third-order valence-corrected chi connectivity index (χ3v) is 4.13. The van der Waals surface area contributed by atoms with Crippen LogP contribution < -0.4 is 19.5 Å². The Bertz CT molecular complexity index is 898. The highest BCUT2D eigenvalue weighted by Gasteiger charge is 2.20. The van der Waals surface area contributed by atoms with Crippen molar-refractivity contribution in [3.63, 3.8) is 0 Å². The Labute approximate surface area is 155 Å². The molecule has 0 radical (unpaired) electrons. The van der Waals surface area contributed by atoms with Gasteiger partial charge in [0.05, 0.1) is 26.9 Å². The maximum absolute atomic E-state index is 6.14. The Balaban J connectivity index is 1.85. The van der Waals surface area contributed by atoms with Gasteiger partial charge in [-0.1, -0.05) is 35.0 Å². The number of hydrogen-bond donors (Lipinski definition) is 1. The Hall–Kier alpha value is -2.93. The lowest BCUT2D eigenvalue weighted by molar-refractivity contribution is 0.325. The number of ether oxygens (including phenoxy) is 3. The third-order valence-electron chi connectivity index (χ3n) is 3.76. The van der Waals surface area contributed by atoms with Gasteiger partial charge in [-0.3, -0.25) is 0 Å². The number of hydrogen-bond acceptors (Lipinski definition) is 7. The number of nitrogens with one attached hydrogen (secondary N) is 1. The lowest BCUT2D eigenvalue weighted by Crippen LogP contribution is -2.00. The summed E-state index contributed by atoms with van der Waals surface area (Å²) < 4.78 is 21.4. The molecule has 0 aliphatic carbocycles. The lowest BCUT2D eigenvalue weighted by atomic mass is 10.1. The zero-order chi connectivity index (χ0) is 18.5. The molecule has 1 N–H and O–H groups in total. The quantitative estimate of drug-likeness (QED) is 0.667. The number of nitrogens with zero attached hydrogens (tertiary/aromatic N) is 2. The van der Waals surface area contributed by atoms with Gasteiger partial charge in [-0.2, -0.15) is 4.98 Å². The molecule has 7 nitrogen and oxygen atoms in total. The second-order valence-electron chi connectivity index (χ2n) is 5.25. The SMILES string of the molecule is COc1ccc(-c2noc(NCc3ccccc3Cl)n2)c(OC)c1OC. The molecule has 0 atom stereocenters. The average molecular weight is 376 g/mol. The minimum absolute atomic E-state index is 0.275. The van der Waals surface area contributed by atoms with Crippen LogP contribution in [0.3, 0.4) is 0 Å². The first-order chi connectivity index (χ1) is 12.7. The molecule has 26 heavy (non-hydrogen) atoms. The molecule has 8 heteroatoms. The van der Waals surface area contributed by atoms with Crippen LogP contribution in [0.1, 0.15) is 5.56 Å². The predicted molar refractivity (Wildman–Crippen MR) is 98.2 cm³/mol. The maximum Gasteiger partial charge on any atom is 0.322 e. The summed E-state index contributed by atoms with van der Waals surface area (Å²) in [6.45, 7) is 0.463. The average Bonchev–Trinajstić information content (AvgIpc) is 3.14. The van der Waals surface area contributed by atoms with Crippen LogP contribution in [0.4, 0.5) is 6.01 Å². The number of halogens is 1.